The zero-order valence-electron chi connectivity index (χ0n) is 20.5. The van der Waals surface area contributed by atoms with Crippen molar-refractivity contribution in [1.29, 1.82) is 5.41 Å². The standard InChI is InChI=1S/C31H35N3/c1-5-28(32)21-22(2)34-29-17-15-26(16-18-29)30(3,4)25-11-7-23(8-12-25)24-9-13-27(14-10-24)31(33)19-6-20-31/h5,7-18,21,32,34H,1,6,19-20,33H2,2-4H3/b22-21-,32-28?. The number of benzene rings is 3. The molecule has 3 nitrogen and oxygen atoms in total. The van der Waals surface area contributed by atoms with E-state index in [9.17, 15) is 0 Å². The Balaban J connectivity index is 1.48. The average Bonchev–Trinajstić information content (AvgIpc) is 2.83. The van der Waals surface area contributed by atoms with Crippen molar-refractivity contribution in [2.24, 2.45) is 5.73 Å². The smallest absolute Gasteiger partial charge is 0.0551 e. The minimum Gasteiger partial charge on any atom is -0.359 e. The summed E-state index contributed by atoms with van der Waals surface area (Å²) in [6.45, 7) is 10.1. The minimum atomic E-state index is -0.118. The fourth-order valence-corrected chi connectivity index (χ4v) is 4.61. The van der Waals surface area contributed by atoms with Crippen molar-refractivity contribution in [3.63, 3.8) is 0 Å². The molecule has 1 aliphatic rings. The molecule has 0 unspecified atom stereocenters. The molecule has 0 aliphatic heterocycles. The summed E-state index contributed by atoms with van der Waals surface area (Å²) in [6, 6.07) is 26.2. The first-order valence-electron chi connectivity index (χ1n) is 12.0. The van der Waals surface area contributed by atoms with Gasteiger partial charge in [0.15, 0.2) is 0 Å². The van der Waals surface area contributed by atoms with Crippen LogP contribution in [0.5, 0.6) is 0 Å². The molecule has 0 aromatic heterocycles. The zero-order valence-corrected chi connectivity index (χ0v) is 20.5. The third kappa shape index (κ3) is 4.90. The number of hydrogen-bond donors (Lipinski definition) is 3. The molecular weight excluding hydrogens is 414 g/mol. The van der Waals surface area contributed by atoms with Gasteiger partial charge in [0.1, 0.15) is 0 Å². The number of anilines is 1. The van der Waals surface area contributed by atoms with Gasteiger partial charge in [0, 0.05) is 22.3 Å². The fourth-order valence-electron chi connectivity index (χ4n) is 4.61. The molecule has 1 aliphatic carbocycles. The third-order valence-corrected chi connectivity index (χ3v) is 7.19. The van der Waals surface area contributed by atoms with Gasteiger partial charge in [-0.15, -0.1) is 0 Å². The Morgan fingerprint density at radius 1 is 0.912 bits per heavy atom. The first-order chi connectivity index (χ1) is 16.2. The van der Waals surface area contributed by atoms with E-state index in [1.165, 1.54) is 40.3 Å². The molecule has 0 saturated heterocycles. The molecule has 0 radical (unpaired) electrons. The third-order valence-electron chi connectivity index (χ3n) is 7.19. The maximum absolute atomic E-state index is 7.72. The lowest BCUT2D eigenvalue weighted by Gasteiger charge is -2.38. The van der Waals surface area contributed by atoms with Crippen LogP contribution in [0.3, 0.4) is 0 Å². The van der Waals surface area contributed by atoms with Crippen LogP contribution in [0.1, 0.15) is 56.7 Å². The molecule has 1 fully saturated rings. The van der Waals surface area contributed by atoms with Crippen molar-refractivity contribution < 1.29 is 0 Å². The van der Waals surface area contributed by atoms with Gasteiger partial charge in [0.2, 0.25) is 0 Å². The van der Waals surface area contributed by atoms with Crippen LogP contribution in [-0.2, 0) is 11.0 Å². The van der Waals surface area contributed by atoms with Crippen molar-refractivity contribution in [1.82, 2.24) is 0 Å². The van der Waals surface area contributed by atoms with Crippen LogP contribution in [0, 0.1) is 5.41 Å². The molecule has 0 bridgehead atoms. The summed E-state index contributed by atoms with van der Waals surface area (Å²) in [7, 11) is 0. The van der Waals surface area contributed by atoms with Gasteiger partial charge in [-0.25, -0.2) is 0 Å². The number of allylic oxidation sites excluding steroid dienone is 3. The highest BCUT2D eigenvalue weighted by atomic mass is 14.9. The summed E-state index contributed by atoms with van der Waals surface area (Å²) >= 11 is 0. The van der Waals surface area contributed by atoms with Crippen molar-refractivity contribution in [2.45, 2.75) is 51.0 Å². The van der Waals surface area contributed by atoms with E-state index in [0.29, 0.717) is 5.71 Å². The van der Waals surface area contributed by atoms with E-state index < -0.39 is 0 Å². The second-order valence-electron chi connectivity index (χ2n) is 9.98. The fraction of sp³-hybridized carbons (Fsp3) is 0.258. The van der Waals surface area contributed by atoms with Gasteiger partial charge < -0.3 is 16.5 Å². The lowest BCUT2D eigenvalue weighted by atomic mass is 9.72. The Bertz CT molecular complexity index is 1190. The van der Waals surface area contributed by atoms with Crippen molar-refractivity contribution in [2.75, 3.05) is 5.32 Å². The lowest BCUT2D eigenvalue weighted by Crippen LogP contribution is -2.43. The summed E-state index contributed by atoms with van der Waals surface area (Å²) in [5.41, 5.74) is 14.8. The summed E-state index contributed by atoms with van der Waals surface area (Å²) < 4.78 is 0. The van der Waals surface area contributed by atoms with Crippen LogP contribution in [0.25, 0.3) is 11.1 Å². The molecule has 174 valence electrons. The van der Waals surface area contributed by atoms with Crippen LogP contribution in [0.4, 0.5) is 5.69 Å². The molecule has 1 saturated carbocycles. The van der Waals surface area contributed by atoms with Crippen LogP contribution in [0.2, 0.25) is 0 Å². The topological polar surface area (TPSA) is 61.9 Å². The van der Waals surface area contributed by atoms with E-state index in [1.807, 2.05) is 6.92 Å². The second-order valence-corrected chi connectivity index (χ2v) is 9.98. The largest absolute Gasteiger partial charge is 0.359 e. The SMILES string of the molecule is C=CC(=N)/C=C(/C)Nc1ccc(C(C)(C)c2ccc(-c3ccc(C4(N)CCC4)cc3)cc2)cc1. The Morgan fingerprint density at radius 2 is 1.41 bits per heavy atom. The Kier molecular flexibility index (Phi) is 6.58. The monoisotopic (exact) mass is 449 g/mol. The predicted octanol–water partition coefficient (Wildman–Crippen LogP) is 7.54. The van der Waals surface area contributed by atoms with Gasteiger partial charge in [0.25, 0.3) is 0 Å². The van der Waals surface area contributed by atoms with Gasteiger partial charge in [-0.2, -0.15) is 0 Å². The maximum atomic E-state index is 7.72. The highest BCUT2D eigenvalue weighted by Gasteiger charge is 2.34. The van der Waals surface area contributed by atoms with E-state index in [1.54, 1.807) is 6.08 Å². The van der Waals surface area contributed by atoms with Crippen molar-refractivity contribution in [3.05, 3.63) is 114 Å². The predicted molar refractivity (Wildman–Crippen MR) is 145 cm³/mol. The Morgan fingerprint density at radius 3 is 1.88 bits per heavy atom. The molecular formula is C31H35N3. The lowest BCUT2D eigenvalue weighted by molar-refractivity contribution is 0.253. The summed E-state index contributed by atoms with van der Waals surface area (Å²) in [5, 5.41) is 11.1. The molecule has 3 aromatic carbocycles. The molecule has 4 N–H and O–H groups in total. The molecule has 0 atom stereocenters. The average molecular weight is 450 g/mol. The van der Waals surface area contributed by atoms with E-state index >= 15 is 0 Å². The van der Waals surface area contributed by atoms with Gasteiger partial charge in [0.05, 0.1) is 5.71 Å². The molecule has 34 heavy (non-hydrogen) atoms. The number of nitrogens with two attached hydrogens (primary N) is 1. The van der Waals surface area contributed by atoms with Gasteiger partial charge in [-0.3, -0.25) is 0 Å². The maximum Gasteiger partial charge on any atom is 0.0551 e. The molecule has 4 rings (SSSR count). The second kappa shape index (κ2) is 9.44. The van der Waals surface area contributed by atoms with Crippen LogP contribution >= 0.6 is 0 Å². The molecule has 3 aromatic rings. The molecule has 0 spiro atoms. The van der Waals surface area contributed by atoms with Crippen LogP contribution < -0.4 is 11.1 Å². The van der Waals surface area contributed by atoms with Crippen LogP contribution in [-0.4, -0.2) is 5.71 Å². The normalized spacial score (nSPS) is 15.4. The summed E-state index contributed by atoms with van der Waals surface area (Å²) in [5.74, 6) is 0. The number of rotatable bonds is 8. The highest BCUT2D eigenvalue weighted by Crippen LogP contribution is 2.39. The van der Waals surface area contributed by atoms with E-state index in [4.69, 9.17) is 11.1 Å². The molecule has 0 amide bonds. The van der Waals surface area contributed by atoms with Crippen molar-refractivity contribution >= 4 is 11.4 Å². The number of hydrogen-bond acceptors (Lipinski definition) is 3. The zero-order chi connectivity index (χ0) is 24.3. The Labute approximate surface area is 203 Å². The first-order valence-corrected chi connectivity index (χ1v) is 12.0. The van der Waals surface area contributed by atoms with Gasteiger partial charge in [-0.05, 0) is 78.3 Å². The number of nitrogens with one attached hydrogen (secondary N) is 2. The summed E-state index contributed by atoms with van der Waals surface area (Å²) in [6.07, 6.45) is 6.70. The highest BCUT2D eigenvalue weighted by molar-refractivity contribution is 6.01. The first kappa shape index (κ1) is 23.7. The molecule has 3 heteroatoms. The Hall–Kier alpha value is -3.43. The minimum absolute atomic E-state index is 0.110. The molecule has 0 heterocycles. The van der Waals surface area contributed by atoms with E-state index in [-0.39, 0.29) is 11.0 Å². The summed E-state index contributed by atoms with van der Waals surface area (Å²) in [4.78, 5) is 0. The van der Waals surface area contributed by atoms with Crippen molar-refractivity contribution in [3.8, 4) is 11.1 Å². The van der Waals surface area contributed by atoms with Gasteiger partial charge >= 0.3 is 0 Å². The van der Waals surface area contributed by atoms with E-state index in [0.717, 1.165) is 24.2 Å². The quantitative estimate of drug-likeness (QED) is 0.311. The van der Waals surface area contributed by atoms with Gasteiger partial charge in [-0.1, -0.05) is 81.1 Å². The van der Waals surface area contributed by atoms with Crippen LogP contribution in [0.15, 0.2) is 97.2 Å². The van der Waals surface area contributed by atoms with E-state index in [2.05, 4.69) is 98.5 Å².